The fraction of sp³-hybridized carbons (Fsp3) is 0.125. The average molecular weight is 546 g/mol. The Morgan fingerprint density at radius 2 is 1.00 bits per heavy atom. The second-order valence-electron chi connectivity index (χ2n) is 4.19. The number of rotatable bonds is 4. The van der Waals surface area contributed by atoms with Gasteiger partial charge in [-0.05, 0) is 35.6 Å². The summed E-state index contributed by atoms with van der Waals surface area (Å²) in [7, 11) is 0. The Balaban J connectivity index is 0.000000403. The van der Waals surface area contributed by atoms with Crippen molar-refractivity contribution < 1.29 is 9.47 Å². The van der Waals surface area contributed by atoms with Crippen LogP contribution in [0, 0.1) is 0 Å². The molecule has 0 atom stereocenters. The van der Waals surface area contributed by atoms with Gasteiger partial charge in [0.2, 0.25) is 0 Å². The summed E-state index contributed by atoms with van der Waals surface area (Å²) in [4.78, 5) is 0. The molecule has 0 saturated heterocycles. The fourth-order valence-electron chi connectivity index (χ4n) is 1.46. The molecule has 0 bridgehead atoms. The standard InChI is InChI=1S/2C8H9NOS.Bi.3H/c2*9-8(11)10-6-7-4-2-1-3-5-7;;;;/h2*1-5H,6H2,(H2,9,11);;;;. The van der Waals surface area contributed by atoms with Crippen molar-refractivity contribution in [2.45, 2.75) is 13.2 Å². The number of thiocarbonyl (C=S) groups is 2. The van der Waals surface area contributed by atoms with Crippen LogP contribution in [0.1, 0.15) is 11.1 Å². The first-order valence-electron chi connectivity index (χ1n) is 6.50. The SMILES string of the molecule is NC(=S)OCc1ccccc1.NC(=S)OCc1ccccc1.[BiH3]. The van der Waals surface area contributed by atoms with Crippen molar-refractivity contribution in [3.05, 3.63) is 71.8 Å². The van der Waals surface area contributed by atoms with Crippen LogP contribution < -0.4 is 11.5 Å². The van der Waals surface area contributed by atoms with Gasteiger partial charge in [-0.25, -0.2) is 0 Å². The summed E-state index contributed by atoms with van der Waals surface area (Å²) in [6.07, 6.45) is 0. The molecule has 0 spiro atoms. The van der Waals surface area contributed by atoms with Gasteiger partial charge >= 0.3 is 26.2 Å². The van der Waals surface area contributed by atoms with Crippen molar-refractivity contribution in [1.29, 1.82) is 0 Å². The van der Waals surface area contributed by atoms with Gasteiger partial charge in [-0.2, -0.15) is 0 Å². The molecule has 2 rings (SSSR count). The van der Waals surface area contributed by atoms with Gasteiger partial charge in [0.25, 0.3) is 10.3 Å². The van der Waals surface area contributed by atoms with E-state index < -0.39 is 0 Å². The first-order chi connectivity index (χ1) is 10.6. The molecule has 0 fully saturated rings. The molecule has 2 aromatic carbocycles. The molecule has 7 heteroatoms. The van der Waals surface area contributed by atoms with Crippen molar-refractivity contribution in [2.24, 2.45) is 11.5 Å². The van der Waals surface area contributed by atoms with E-state index in [9.17, 15) is 0 Å². The third kappa shape index (κ3) is 11.9. The molecule has 4 nitrogen and oxygen atoms in total. The molecule has 0 aliphatic heterocycles. The Morgan fingerprint density at radius 3 is 1.26 bits per heavy atom. The van der Waals surface area contributed by atoms with Crippen molar-refractivity contribution in [3.63, 3.8) is 0 Å². The van der Waals surface area contributed by atoms with E-state index in [1.165, 1.54) is 0 Å². The number of nitrogens with two attached hydrogens (primary N) is 2. The van der Waals surface area contributed by atoms with E-state index >= 15 is 0 Å². The van der Waals surface area contributed by atoms with E-state index in [0.29, 0.717) is 13.2 Å². The molecular weight excluding hydrogens is 525 g/mol. The van der Waals surface area contributed by atoms with E-state index in [0.717, 1.165) is 11.1 Å². The van der Waals surface area contributed by atoms with E-state index in [1.54, 1.807) is 0 Å². The second-order valence-corrected chi connectivity index (χ2v) is 4.99. The number of benzene rings is 2. The van der Waals surface area contributed by atoms with Gasteiger partial charge in [0.15, 0.2) is 0 Å². The number of hydrogen-bond donors (Lipinski definition) is 2. The summed E-state index contributed by atoms with van der Waals surface area (Å²) in [5, 5.41) is 0.183. The molecule has 23 heavy (non-hydrogen) atoms. The van der Waals surface area contributed by atoms with Gasteiger partial charge in [-0.1, -0.05) is 60.7 Å². The molecule has 0 saturated carbocycles. The number of ether oxygens (including phenoxy) is 2. The van der Waals surface area contributed by atoms with Crippen LogP contribution >= 0.6 is 24.4 Å². The molecule has 0 aliphatic carbocycles. The van der Waals surface area contributed by atoms with Crippen LogP contribution in [-0.2, 0) is 22.7 Å². The van der Waals surface area contributed by atoms with Crippen LogP contribution in [0.3, 0.4) is 0 Å². The topological polar surface area (TPSA) is 70.5 Å². The third-order valence-electron chi connectivity index (χ3n) is 2.45. The van der Waals surface area contributed by atoms with Gasteiger partial charge < -0.3 is 20.9 Å². The minimum atomic E-state index is 0. The molecule has 2 aromatic rings. The summed E-state index contributed by atoms with van der Waals surface area (Å²) in [6.45, 7) is 0.909. The predicted molar refractivity (Wildman–Crippen MR) is 106 cm³/mol. The predicted octanol–water partition coefficient (Wildman–Crippen LogP) is 1.71. The van der Waals surface area contributed by atoms with Crippen molar-refractivity contribution in [1.82, 2.24) is 0 Å². The van der Waals surface area contributed by atoms with Crippen LogP contribution in [0.2, 0.25) is 0 Å². The molecule has 4 N–H and O–H groups in total. The maximum atomic E-state index is 5.15. The van der Waals surface area contributed by atoms with Gasteiger partial charge in [0.1, 0.15) is 13.2 Å². The van der Waals surface area contributed by atoms with Crippen LogP contribution in [0.4, 0.5) is 0 Å². The average Bonchev–Trinajstić information content (AvgIpc) is 2.53. The van der Waals surface area contributed by atoms with E-state index in [-0.39, 0.29) is 36.6 Å². The summed E-state index contributed by atoms with van der Waals surface area (Å²) in [5.74, 6) is 0. The molecule has 0 aromatic heterocycles. The molecule has 0 aliphatic rings. The first kappa shape index (κ1) is 21.7. The van der Waals surface area contributed by atoms with Crippen LogP contribution in [0.25, 0.3) is 0 Å². The Morgan fingerprint density at radius 1 is 0.696 bits per heavy atom. The van der Waals surface area contributed by atoms with Crippen molar-refractivity contribution in [3.8, 4) is 0 Å². The molecular formula is C16H21BiN2O2S2. The van der Waals surface area contributed by atoms with Gasteiger partial charge in [0.05, 0.1) is 0 Å². The fourth-order valence-corrected chi connectivity index (χ4v) is 1.58. The first-order valence-corrected chi connectivity index (χ1v) is 7.32. The maximum absolute atomic E-state index is 5.15. The summed E-state index contributed by atoms with van der Waals surface area (Å²) in [5.41, 5.74) is 12.4. The zero-order valence-corrected chi connectivity index (χ0v) is 19.8. The zero-order valence-electron chi connectivity index (χ0n) is 12.7. The Bertz CT molecular complexity index is 530. The van der Waals surface area contributed by atoms with Crippen LogP contribution in [0.15, 0.2) is 60.7 Å². The Hall–Kier alpha value is -1.30. The van der Waals surface area contributed by atoms with Crippen LogP contribution in [0.5, 0.6) is 0 Å². The summed E-state index contributed by atoms with van der Waals surface area (Å²) in [6, 6.07) is 19.5. The molecule has 0 radical (unpaired) electrons. The summed E-state index contributed by atoms with van der Waals surface area (Å²) >= 11 is 9.10. The van der Waals surface area contributed by atoms with Gasteiger partial charge in [0, 0.05) is 0 Å². The third-order valence-corrected chi connectivity index (χ3v) is 2.68. The summed E-state index contributed by atoms with van der Waals surface area (Å²) < 4.78 is 9.87. The minimum absolute atomic E-state index is 0. The quantitative estimate of drug-likeness (QED) is 0.450. The molecule has 0 unspecified atom stereocenters. The van der Waals surface area contributed by atoms with E-state index in [2.05, 4.69) is 24.4 Å². The van der Waals surface area contributed by atoms with Crippen molar-refractivity contribution in [2.75, 3.05) is 0 Å². The second kappa shape index (κ2) is 13.2. The van der Waals surface area contributed by atoms with Crippen LogP contribution in [-0.4, -0.2) is 36.6 Å². The molecule has 124 valence electrons. The normalized spacial score (nSPS) is 8.70. The number of hydrogen-bond acceptors (Lipinski definition) is 4. The van der Waals surface area contributed by atoms with Crippen molar-refractivity contribution >= 4 is 61.0 Å². The van der Waals surface area contributed by atoms with E-state index in [4.69, 9.17) is 20.9 Å². The van der Waals surface area contributed by atoms with Gasteiger partial charge in [-0.3, -0.25) is 0 Å². The Labute approximate surface area is 166 Å². The molecule has 0 heterocycles. The Kier molecular flexibility index (Phi) is 12.4. The monoisotopic (exact) mass is 546 g/mol. The van der Waals surface area contributed by atoms with Gasteiger partial charge in [-0.15, -0.1) is 0 Å². The zero-order chi connectivity index (χ0) is 16.2. The van der Waals surface area contributed by atoms with E-state index in [1.807, 2.05) is 60.7 Å². The molecule has 0 amide bonds.